The van der Waals surface area contributed by atoms with Crippen molar-refractivity contribution in [2.75, 3.05) is 0 Å². The minimum Gasteiger partial charge on any atom is -0.481 e. The van der Waals surface area contributed by atoms with Crippen LogP contribution in [0.3, 0.4) is 0 Å². The van der Waals surface area contributed by atoms with Crippen LogP contribution in [0.25, 0.3) is 0 Å². The Labute approximate surface area is 129 Å². The highest BCUT2D eigenvalue weighted by Crippen LogP contribution is 2.30. The summed E-state index contributed by atoms with van der Waals surface area (Å²) in [5.41, 5.74) is 0.946. The van der Waals surface area contributed by atoms with Gasteiger partial charge in [0.05, 0.1) is 12.0 Å². The fourth-order valence-corrected chi connectivity index (χ4v) is 3.04. The SMILES string of the molecule is CC(NC(=O)C1CCCC(C(=O)O)C1)c1cccc(Cl)c1. The number of nitrogens with one attached hydrogen (secondary N) is 1. The maximum absolute atomic E-state index is 12.3. The van der Waals surface area contributed by atoms with Gasteiger partial charge in [-0.1, -0.05) is 30.2 Å². The molecule has 3 unspecified atom stereocenters. The monoisotopic (exact) mass is 309 g/mol. The number of amides is 1. The fraction of sp³-hybridized carbons (Fsp3) is 0.500. The third kappa shape index (κ3) is 4.21. The third-order valence-corrected chi connectivity index (χ3v) is 4.34. The Bertz CT molecular complexity index is 532. The largest absolute Gasteiger partial charge is 0.481 e. The summed E-state index contributed by atoms with van der Waals surface area (Å²) < 4.78 is 0. The van der Waals surface area contributed by atoms with Gasteiger partial charge in [-0.15, -0.1) is 0 Å². The Hall–Kier alpha value is -1.55. The van der Waals surface area contributed by atoms with Gasteiger partial charge in [-0.05, 0) is 43.9 Å². The number of rotatable bonds is 4. The zero-order chi connectivity index (χ0) is 15.4. The van der Waals surface area contributed by atoms with Crippen LogP contribution in [-0.4, -0.2) is 17.0 Å². The number of carbonyl (C=O) groups is 2. The van der Waals surface area contributed by atoms with E-state index in [1.54, 1.807) is 6.07 Å². The van der Waals surface area contributed by atoms with Gasteiger partial charge in [0.15, 0.2) is 0 Å². The molecule has 2 N–H and O–H groups in total. The van der Waals surface area contributed by atoms with E-state index in [1.807, 2.05) is 25.1 Å². The van der Waals surface area contributed by atoms with E-state index in [2.05, 4.69) is 5.32 Å². The predicted molar refractivity (Wildman–Crippen MR) is 81.1 cm³/mol. The van der Waals surface area contributed by atoms with E-state index >= 15 is 0 Å². The van der Waals surface area contributed by atoms with Crippen molar-refractivity contribution < 1.29 is 14.7 Å². The molecule has 4 nitrogen and oxygen atoms in total. The number of hydrogen-bond acceptors (Lipinski definition) is 2. The molecular formula is C16H20ClNO3. The smallest absolute Gasteiger partial charge is 0.306 e. The van der Waals surface area contributed by atoms with Gasteiger partial charge in [0.1, 0.15) is 0 Å². The molecule has 0 saturated heterocycles. The van der Waals surface area contributed by atoms with E-state index < -0.39 is 11.9 Å². The highest BCUT2D eigenvalue weighted by Gasteiger charge is 2.31. The predicted octanol–water partition coefficient (Wildman–Crippen LogP) is 3.41. The molecular weight excluding hydrogens is 290 g/mol. The lowest BCUT2D eigenvalue weighted by molar-refractivity contribution is -0.144. The van der Waals surface area contributed by atoms with Crippen molar-refractivity contribution in [1.82, 2.24) is 5.32 Å². The summed E-state index contributed by atoms with van der Waals surface area (Å²) in [7, 11) is 0. The second kappa shape index (κ2) is 6.94. The molecule has 5 heteroatoms. The molecule has 1 saturated carbocycles. The molecule has 1 aromatic rings. The molecule has 1 aliphatic carbocycles. The molecule has 0 aromatic heterocycles. The zero-order valence-corrected chi connectivity index (χ0v) is 12.8. The first-order chi connectivity index (χ1) is 9.97. The summed E-state index contributed by atoms with van der Waals surface area (Å²) in [6.07, 6.45) is 2.66. The van der Waals surface area contributed by atoms with E-state index in [4.69, 9.17) is 16.7 Å². The quantitative estimate of drug-likeness (QED) is 0.895. The lowest BCUT2D eigenvalue weighted by atomic mass is 9.81. The molecule has 0 spiro atoms. The molecule has 1 aliphatic rings. The molecule has 0 radical (unpaired) electrons. The van der Waals surface area contributed by atoms with Crippen molar-refractivity contribution in [2.45, 2.75) is 38.6 Å². The number of carboxylic acid groups (broad SMARTS) is 1. The average Bonchev–Trinajstić information content (AvgIpc) is 2.47. The molecule has 1 amide bonds. The Balaban J connectivity index is 1.96. The van der Waals surface area contributed by atoms with Crippen molar-refractivity contribution in [3.8, 4) is 0 Å². The van der Waals surface area contributed by atoms with Gasteiger partial charge in [-0.25, -0.2) is 0 Å². The minimum atomic E-state index is -0.796. The average molecular weight is 310 g/mol. The first kappa shape index (κ1) is 15.8. The van der Waals surface area contributed by atoms with Gasteiger partial charge in [0.25, 0.3) is 0 Å². The van der Waals surface area contributed by atoms with Gasteiger partial charge in [0, 0.05) is 10.9 Å². The van der Waals surface area contributed by atoms with E-state index in [0.29, 0.717) is 17.9 Å². The van der Waals surface area contributed by atoms with E-state index in [9.17, 15) is 9.59 Å². The van der Waals surface area contributed by atoms with Crippen LogP contribution in [0.2, 0.25) is 5.02 Å². The number of halogens is 1. The number of aliphatic carboxylic acids is 1. The van der Waals surface area contributed by atoms with Crippen LogP contribution < -0.4 is 5.32 Å². The summed E-state index contributed by atoms with van der Waals surface area (Å²) in [5.74, 6) is -1.46. The van der Waals surface area contributed by atoms with Crippen LogP contribution >= 0.6 is 11.6 Å². The molecule has 2 rings (SSSR count). The first-order valence-corrected chi connectivity index (χ1v) is 7.64. The Kier molecular flexibility index (Phi) is 5.23. The summed E-state index contributed by atoms with van der Waals surface area (Å²) in [4.78, 5) is 23.4. The second-order valence-corrected chi connectivity index (χ2v) is 6.12. The van der Waals surface area contributed by atoms with Gasteiger partial charge < -0.3 is 10.4 Å². The van der Waals surface area contributed by atoms with Crippen molar-refractivity contribution in [2.24, 2.45) is 11.8 Å². The van der Waals surface area contributed by atoms with Gasteiger partial charge in [0.2, 0.25) is 5.91 Å². The van der Waals surface area contributed by atoms with Crippen LogP contribution in [0, 0.1) is 11.8 Å². The lowest BCUT2D eigenvalue weighted by Gasteiger charge is -2.27. The number of benzene rings is 1. The molecule has 21 heavy (non-hydrogen) atoms. The molecule has 1 aromatic carbocycles. The molecule has 0 heterocycles. The molecule has 0 bridgehead atoms. The Morgan fingerprint density at radius 2 is 2.05 bits per heavy atom. The van der Waals surface area contributed by atoms with Crippen molar-refractivity contribution >= 4 is 23.5 Å². The van der Waals surface area contributed by atoms with Crippen LogP contribution in [0.1, 0.15) is 44.2 Å². The maximum Gasteiger partial charge on any atom is 0.306 e. The first-order valence-electron chi connectivity index (χ1n) is 7.26. The fourth-order valence-electron chi connectivity index (χ4n) is 2.84. The molecule has 1 fully saturated rings. The summed E-state index contributed by atoms with van der Waals surface area (Å²) >= 11 is 5.95. The van der Waals surface area contributed by atoms with Crippen LogP contribution in [0.4, 0.5) is 0 Å². The van der Waals surface area contributed by atoms with Crippen molar-refractivity contribution in [1.29, 1.82) is 0 Å². The Morgan fingerprint density at radius 1 is 1.33 bits per heavy atom. The lowest BCUT2D eigenvalue weighted by Crippen LogP contribution is -2.36. The minimum absolute atomic E-state index is 0.0616. The zero-order valence-electron chi connectivity index (χ0n) is 12.0. The molecule has 114 valence electrons. The van der Waals surface area contributed by atoms with Gasteiger partial charge in [-0.2, -0.15) is 0 Å². The van der Waals surface area contributed by atoms with Gasteiger partial charge >= 0.3 is 5.97 Å². The summed E-state index contributed by atoms with van der Waals surface area (Å²) in [6, 6.07) is 7.24. The summed E-state index contributed by atoms with van der Waals surface area (Å²) in [6.45, 7) is 1.90. The molecule has 3 atom stereocenters. The topological polar surface area (TPSA) is 66.4 Å². The third-order valence-electron chi connectivity index (χ3n) is 4.10. The second-order valence-electron chi connectivity index (χ2n) is 5.68. The number of carboxylic acids is 1. The number of carbonyl (C=O) groups excluding carboxylic acids is 1. The Morgan fingerprint density at radius 3 is 2.71 bits per heavy atom. The standard InChI is InChI=1S/C16H20ClNO3/c1-10(11-4-3-7-14(17)9-11)18-15(19)12-5-2-6-13(8-12)16(20)21/h3-4,7,9-10,12-13H,2,5-6,8H2,1H3,(H,18,19)(H,20,21). The highest BCUT2D eigenvalue weighted by molar-refractivity contribution is 6.30. The van der Waals surface area contributed by atoms with E-state index in [-0.39, 0.29) is 17.9 Å². The highest BCUT2D eigenvalue weighted by atomic mass is 35.5. The van der Waals surface area contributed by atoms with E-state index in [0.717, 1.165) is 18.4 Å². The van der Waals surface area contributed by atoms with Crippen molar-refractivity contribution in [3.63, 3.8) is 0 Å². The van der Waals surface area contributed by atoms with Crippen LogP contribution in [0.5, 0.6) is 0 Å². The maximum atomic E-state index is 12.3. The van der Waals surface area contributed by atoms with Crippen LogP contribution in [-0.2, 0) is 9.59 Å². The number of hydrogen-bond donors (Lipinski definition) is 2. The molecule has 0 aliphatic heterocycles. The van der Waals surface area contributed by atoms with Crippen molar-refractivity contribution in [3.05, 3.63) is 34.9 Å². The van der Waals surface area contributed by atoms with Gasteiger partial charge in [-0.3, -0.25) is 9.59 Å². The normalized spacial score (nSPS) is 23.3. The van der Waals surface area contributed by atoms with E-state index in [1.165, 1.54) is 0 Å². The van der Waals surface area contributed by atoms with Crippen LogP contribution in [0.15, 0.2) is 24.3 Å². The summed E-state index contributed by atoms with van der Waals surface area (Å²) in [5, 5.41) is 12.7.